The summed E-state index contributed by atoms with van der Waals surface area (Å²) in [7, 11) is -4.04. The van der Waals surface area contributed by atoms with E-state index < -0.39 is 22.0 Å². The van der Waals surface area contributed by atoms with Crippen molar-refractivity contribution in [1.29, 1.82) is 0 Å². The van der Waals surface area contributed by atoms with Crippen molar-refractivity contribution in [2.24, 2.45) is 0 Å². The van der Waals surface area contributed by atoms with Crippen molar-refractivity contribution < 1.29 is 23.1 Å². The van der Waals surface area contributed by atoms with Gasteiger partial charge in [0.05, 0.1) is 11.3 Å². The number of carboxylic acids is 1. The number of thiophene rings is 1. The van der Waals surface area contributed by atoms with Crippen LogP contribution in [0.15, 0.2) is 70.9 Å². The van der Waals surface area contributed by atoms with Crippen LogP contribution in [-0.4, -0.2) is 38.0 Å². The van der Waals surface area contributed by atoms with E-state index in [2.05, 4.69) is 10.0 Å². The molecule has 1 heterocycles. The molecule has 0 aliphatic carbocycles. The van der Waals surface area contributed by atoms with E-state index in [0.29, 0.717) is 11.4 Å². The molecular weight excluding hydrogens is 484 g/mol. The van der Waals surface area contributed by atoms with E-state index in [4.69, 9.17) is 11.6 Å². The zero-order valence-corrected chi connectivity index (χ0v) is 19.9. The highest BCUT2D eigenvalue weighted by Gasteiger charge is 2.25. The molecule has 3 N–H and O–H groups in total. The summed E-state index contributed by atoms with van der Waals surface area (Å²) in [5.74, 6) is -1.44. The minimum Gasteiger partial charge on any atom is -0.480 e. The zero-order valence-electron chi connectivity index (χ0n) is 17.5. The van der Waals surface area contributed by atoms with Crippen LogP contribution in [0, 0.1) is 0 Å². The number of hydrogen-bond donors (Lipinski definition) is 3. The van der Waals surface area contributed by atoms with Gasteiger partial charge in [0.15, 0.2) is 0 Å². The smallest absolute Gasteiger partial charge is 0.321 e. The molecule has 33 heavy (non-hydrogen) atoms. The van der Waals surface area contributed by atoms with E-state index in [1.807, 2.05) is 29.6 Å². The molecule has 0 aliphatic rings. The Morgan fingerprint density at radius 3 is 2.21 bits per heavy atom. The second-order valence-corrected chi connectivity index (χ2v) is 10.5. The average Bonchev–Trinajstić information content (AvgIpc) is 3.29. The van der Waals surface area contributed by atoms with Crippen LogP contribution in [0.25, 0.3) is 11.1 Å². The molecule has 10 heteroatoms. The Hall–Kier alpha value is -2.72. The van der Waals surface area contributed by atoms with Crippen LogP contribution in [0.5, 0.6) is 0 Å². The fraction of sp³-hybridized carbons (Fsp3) is 0.217. The minimum atomic E-state index is -4.04. The third-order valence-corrected chi connectivity index (χ3v) is 7.46. The third-order valence-electron chi connectivity index (χ3n) is 4.84. The number of hydrogen-bond acceptors (Lipinski definition) is 5. The average molecular weight is 507 g/mol. The van der Waals surface area contributed by atoms with E-state index >= 15 is 0 Å². The van der Waals surface area contributed by atoms with Crippen molar-refractivity contribution in [2.45, 2.75) is 30.2 Å². The Bertz CT molecular complexity index is 1180. The lowest BCUT2D eigenvalue weighted by Gasteiger charge is -2.15. The summed E-state index contributed by atoms with van der Waals surface area (Å²) in [6.07, 6.45) is 0.612. The summed E-state index contributed by atoms with van der Waals surface area (Å²) in [6, 6.07) is 15.7. The lowest BCUT2D eigenvalue weighted by molar-refractivity contribution is -0.139. The molecule has 3 rings (SSSR count). The highest BCUT2D eigenvalue weighted by atomic mass is 35.5. The van der Waals surface area contributed by atoms with Crippen molar-refractivity contribution in [2.75, 3.05) is 6.54 Å². The first-order valence-electron chi connectivity index (χ1n) is 10.1. The molecule has 1 aromatic heterocycles. The fourth-order valence-corrected chi connectivity index (χ4v) is 5.18. The van der Waals surface area contributed by atoms with Gasteiger partial charge in [-0.3, -0.25) is 9.59 Å². The van der Waals surface area contributed by atoms with Crippen LogP contribution in [-0.2, 0) is 26.0 Å². The number of nitrogens with one attached hydrogen (secondary N) is 2. The number of benzene rings is 2. The van der Waals surface area contributed by atoms with Crippen LogP contribution < -0.4 is 10.0 Å². The molecule has 1 amide bonds. The van der Waals surface area contributed by atoms with Crippen LogP contribution in [0.2, 0.25) is 5.02 Å². The molecule has 1 atom stereocenters. The summed E-state index contributed by atoms with van der Waals surface area (Å²) in [4.78, 5) is 24.4. The maximum atomic E-state index is 12.7. The van der Waals surface area contributed by atoms with Crippen molar-refractivity contribution in [3.05, 3.63) is 75.9 Å². The molecule has 2 aromatic carbocycles. The van der Waals surface area contributed by atoms with Gasteiger partial charge in [-0.25, -0.2) is 8.42 Å². The maximum Gasteiger partial charge on any atom is 0.321 e. The first kappa shape index (κ1) is 24.9. The molecule has 0 spiro atoms. The summed E-state index contributed by atoms with van der Waals surface area (Å²) in [6.45, 7) is 0.255. The third kappa shape index (κ3) is 7.40. The van der Waals surface area contributed by atoms with E-state index in [1.165, 1.54) is 23.5 Å². The highest BCUT2D eigenvalue weighted by Crippen LogP contribution is 2.23. The number of rotatable bonds is 11. The number of amides is 1. The number of carbonyl (C=O) groups is 2. The van der Waals surface area contributed by atoms with Gasteiger partial charge in [-0.15, -0.1) is 11.3 Å². The molecule has 0 radical (unpaired) electrons. The zero-order chi connectivity index (χ0) is 23.8. The molecule has 0 bridgehead atoms. The lowest BCUT2D eigenvalue weighted by atomic mass is 10.1. The highest BCUT2D eigenvalue weighted by molar-refractivity contribution is 7.89. The number of sulfonamides is 1. The normalized spacial score (nSPS) is 12.3. The summed E-state index contributed by atoms with van der Waals surface area (Å²) < 4.78 is 27.6. The van der Waals surface area contributed by atoms with Crippen molar-refractivity contribution in [3.63, 3.8) is 0 Å². The first-order chi connectivity index (χ1) is 15.7. The van der Waals surface area contributed by atoms with Gasteiger partial charge in [0.25, 0.3) is 0 Å². The maximum absolute atomic E-state index is 12.7. The Kier molecular flexibility index (Phi) is 8.62. The monoisotopic (exact) mass is 506 g/mol. The number of aliphatic carboxylic acids is 1. The minimum absolute atomic E-state index is 0.0317. The van der Waals surface area contributed by atoms with E-state index in [0.717, 1.165) is 16.0 Å². The molecule has 0 saturated heterocycles. The molecule has 0 fully saturated rings. The van der Waals surface area contributed by atoms with Gasteiger partial charge in [-0.2, -0.15) is 4.72 Å². The van der Waals surface area contributed by atoms with Gasteiger partial charge >= 0.3 is 5.97 Å². The predicted molar refractivity (Wildman–Crippen MR) is 129 cm³/mol. The quantitative estimate of drug-likeness (QED) is 0.341. The molecule has 7 nitrogen and oxygen atoms in total. The Labute approximate surface area is 201 Å². The van der Waals surface area contributed by atoms with Gasteiger partial charge in [-0.1, -0.05) is 41.9 Å². The standard InChI is InChI=1S/C23H23ClN2O5S2/c24-18-9-5-16(6-10-18)17-7-11-20(12-8-17)33(30,31)26-21(23(28)29)4-1-13-25-22(27)15-19-3-2-14-32-19/h2-3,5-12,14,21,26H,1,4,13,15H2,(H,25,27)(H,28,29)/t21-/m0/s1. The van der Waals surface area contributed by atoms with Crippen LogP contribution in [0.3, 0.4) is 0 Å². The van der Waals surface area contributed by atoms with Crippen LogP contribution >= 0.6 is 22.9 Å². The number of carboxylic acid groups (broad SMARTS) is 1. The molecule has 0 aliphatic heterocycles. The topological polar surface area (TPSA) is 113 Å². The second kappa shape index (κ2) is 11.4. The first-order valence-corrected chi connectivity index (χ1v) is 12.9. The van der Waals surface area contributed by atoms with Gasteiger partial charge in [0, 0.05) is 16.4 Å². The van der Waals surface area contributed by atoms with E-state index in [9.17, 15) is 23.1 Å². The summed E-state index contributed by atoms with van der Waals surface area (Å²) in [5.41, 5.74) is 1.68. The van der Waals surface area contributed by atoms with Crippen molar-refractivity contribution in [1.82, 2.24) is 10.0 Å². The SMILES string of the molecule is O=C(Cc1cccs1)NCCC[C@H](NS(=O)(=O)c1ccc(-c2ccc(Cl)cc2)cc1)C(=O)O. The number of carbonyl (C=O) groups excluding carboxylic acids is 1. The van der Waals surface area contributed by atoms with Crippen molar-refractivity contribution in [3.8, 4) is 11.1 Å². The largest absolute Gasteiger partial charge is 0.480 e. The second-order valence-electron chi connectivity index (χ2n) is 7.29. The summed E-state index contributed by atoms with van der Waals surface area (Å²) in [5, 5.41) is 14.7. The molecule has 3 aromatic rings. The fourth-order valence-electron chi connectivity index (χ4n) is 3.12. The van der Waals surface area contributed by atoms with E-state index in [1.54, 1.807) is 24.3 Å². The Morgan fingerprint density at radius 2 is 1.64 bits per heavy atom. The van der Waals surface area contributed by atoms with Gasteiger partial charge in [0.1, 0.15) is 6.04 Å². The molecule has 0 unspecified atom stereocenters. The lowest BCUT2D eigenvalue weighted by Crippen LogP contribution is -2.41. The van der Waals surface area contributed by atoms with Gasteiger partial charge in [0.2, 0.25) is 15.9 Å². The predicted octanol–water partition coefficient (Wildman–Crippen LogP) is 3.94. The molecule has 174 valence electrons. The van der Waals surface area contributed by atoms with Crippen LogP contribution in [0.4, 0.5) is 0 Å². The summed E-state index contributed by atoms with van der Waals surface area (Å²) >= 11 is 7.37. The van der Waals surface area contributed by atoms with Gasteiger partial charge in [-0.05, 0) is 59.7 Å². The Balaban J connectivity index is 1.54. The van der Waals surface area contributed by atoms with Crippen LogP contribution in [0.1, 0.15) is 17.7 Å². The number of halogens is 1. The Morgan fingerprint density at radius 1 is 1.00 bits per heavy atom. The van der Waals surface area contributed by atoms with E-state index in [-0.39, 0.29) is 30.2 Å². The molecule has 0 saturated carbocycles. The molecular formula is C23H23ClN2O5S2. The van der Waals surface area contributed by atoms with Gasteiger partial charge < -0.3 is 10.4 Å². The van der Waals surface area contributed by atoms with Crippen molar-refractivity contribution >= 4 is 44.8 Å².